The number of thioether (sulfide) groups is 1. The van der Waals surface area contributed by atoms with Crippen LogP contribution in [0.25, 0.3) is 11.5 Å². The summed E-state index contributed by atoms with van der Waals surface area (Å²) in [5, 5.41) is 8.13. The van der Waals surface area contributed by atoms with Gasteiger partial charge in [0, 0.05) is 11.3 Å². The van der Waals surface area contributed by atoms with Crippen molar-refractivity contribution >= 4 is 33.3 Å². The van der Waals surface area contributed by atoms with Crippen molar-refractivity contribution in [3.63, 3.8) is 0 Å². The van der Waals surface area contributed by atoms with Crippen LogP contribution in [0.5, 0.6) is 0 Å². The van der Waals surface area contributed by atoms with Crippen LogP contribution in [0.15, 0.2) is 50.7 Å². The van der Waals surface area contributed by atoms with Crippen LogP contribution in [-0.4, -0.2) is 36.4 Å². The van der Waals surface area contributed by atoms with Crippen LogP contribution in [-0.2, 0) is 10.0 Å². The highest BCUT2D eigenvalue weighted by Gasteiger charge is 2.15. The lowest BCUT2D eigenvalue weighted by molar-refractivity contribution is 0.102. The Labute approximate surface area is 154 Å². The number of hydrogen-bond donors (Lipinski definition) is 1. The number of aromatic nitrogens is 2. The summed E-state index contributed by atoms with van der Waals surface area (Å²) in [7, 11) is -3.35. The van der Waals surface area contributed by atoms with Crippen LogP contribution in [0.4, 0.5) is 5.69 Å². The Morgan fingerprint density at radius 2 is 1.92 bits per heavy atom. The Morgan fingerprint density at radius 1 is 1.19 bits per heavy atom. The molecule has 1 N–H and O–H groups in total. The van der Waals surface area contributed by atoms with Crippen LogP contribution in [0, 0.1) is 6.92 Å². The average molecular weight is 393 g/mol. The van der Waals surface area contributed by atoms with Gasteiger partial charge >= 0.3 is 0 Å². The molecule has 3 rings (SSSR count). The van der Waals surface area contributed by atoms with Crippen molar-refractivity contribution in [2.75, 3.05) is 16.7 Å². The van der Waals surface area contributed by atoms with E-state index in [1.807, 2.05) is 0 Å². The highest BCUT2D eigenvalue weighted by Crippen LogP contribution is 2.26. The van der Waals surface area contributed by atoms with Crippen molar-refractivity contribution in [1.82, 2.24) is 10.2 Å². The van der Waals surface area contributed by atoms with Gasteiger partial charge in [-0.15, -0.1) is 10.2 Å². The molecule has 0 saturated heterocycles. The number of Topliss-reactive ketones (excluding diaryl/α,β-unsaturated/α-hetero) is 1. The van der Waals surface area contributed by atoms with E-state index in [0.29, 0.717) is 28.5 Å². The molecule has 10 heteroatoms. The molecule has 8 nitrogen and oxygen atoms in total. The van der Waals surface area contributed by atoms with Crippen LogP contribution >= 0.6 is 11.8 Å². The zero-order valence-electron chi connectivity index (χ0n) is 13.9. The summed E-state index contributed by atoms with van der Waals surface area (Å²) in [6, 6.07) is 7.92. The molecule has 0 radical (unpaired) electrons. The minimum Gasteiger partial charge on any atom is -0.469 e. The van der Waals surface area contributed by atoms with Gasteiger partial charge in [0.1, 0.15) is 5.76 Å². The lowest BCUT2D eigenvalue weighted by Crippen LogP contribution is -2.10. The Balaban J connectivity index is 1.61. The van der Waals surface area contributed by atoms with Crippen LogP contribution in [0.1, 0.15) is 16.1 Å². The fraction of sp³-hybridized carbons (Fsp3) is 0.188. The van der Waals surface area contributed by atoms with Crippen molar-refractivity contribution in [2.24, 2.45) is 0 Å². The third-order valence-corrected chi connectivity index (χ3v) is 4.76. The third kappa shape index (κ3) is 4.52. The quantitative estimate of drug-likeness (QED) is 0.481. The first-order valence-electron chi connectivity index (χ1n) is 7.43. The number of ketones is 1. The Hall–Kier alpha value is -2.59. The van der Waals surface area contributed by atoms with Crippen LogP contribution in [0.2, 0.25) is 0 Å². The fourth-order valence-electron chi connectivity index (χ4n) is 2.13. The molecule has 2 heterocycles. The van der Waals surface area contributed by atoms with Gasteiger partial charge in [0.05, 0.1) is 23.8 Å². The van der Waals surface area contributed by atoms with Crippen molar-refractivity contribution < 1.29 is 22.0 Å². The summed E-state index contributed by atoms with van der Waals surface area (Å²) in [6.07, 6.45) is 2.60. The minimum absolute atomic E-state index is 0.116. The van der Waals surface area contributed by atoms with Gasteiger partial charge in [-0.1, -0.05) is 11.8 Å². The zero-order valence-corrected chi connectivity index (χ0v) is 15.6. The van der Waals surface area contributed by atoms with E-state index in [-0.39, 0.29) is 16.8 Å². The lowest BCUT2D eigenvalue weighted by Gasteiger charge is -2.04. The zero-order chi connectivity index (χ0) is 18.7. The Morgan fingerprint density at radius 3 is 2.54 bits per heavy atom. The molecule has 136 valence electrons. The number of furan rings is 1. The minimum atomic E-state index is -3.35. The van der Waals surface area contributed by atoms with Gasteiger partial charge < -0.3 is 8.83 Å². The second kappa shape index (κ2) is 7.34. The maximum absolute atomic E-state index is 12.2. The van der Waals surface area contributed by atoms with Gasteiger partial charge in [-0.05, 0) is 37.3 Å². The summed E-state index contributed by atoms with van der Waals surface area (Å²) < 4.78 is 35.4. The molecule has 0 aliphatic rings. The largest absolute Gasteiger partial charge is 0.469 e. The molecule has 0 fully saturated rings. The standard InChI is InChI=1S/C16H15N3O5S2/c1-10-13(7-8-23-10)15-17-18-16(24-15)25-9-14(20)11-3-5-12(6-4-11)19-26(2,21)22/h3-8,19H,9H2,1-2H3. The number of nitrogens with zero attached hydrogens (tertiary/aromatic N) is 2. The summed E-state index contributed by atoms with van der Waals surface area (Å²) in [5.74, 6) is 0.983. The Bertz CT molecular complexity index is 1020. The maximum Gasteiger partial charge on any atom is 0.277 e. The highest BCUT2D eigenvalue weighted by molar-refractivity contribution is 7.99. The molecule has 1 aromatic carbocycles. The SMILES string of the molecule is Cc1occc1-c1nnc(SCC(=O)c2ccc(NS(C)(=O)=O)cc2)o1. The van der Waals surface area contributed by atoms with Crippen LogP contribution < -0.4 is 4.72 Å². The number of aryl methyl sites for hydroxylation is 1. The first kappa shape index (κ1) is 18.2. The van der Waals surface area contributed by atoms with E-state index in [1.54, 1.807) is 25.1 Å². The van der Waals surface area contributed by atoms with Gasteiger partial charge in [-0.3, -0.25) is 9.52 Å². The first-order chi connectivity index (χ1) is 12.3. The monoisotopic (exact) mass is 393 g/mol. The number of benzene rings is 1. The summed E-state index contributed by atoms with van der Waals surface area (Å²) in [4.78, 5) is 12.2. The van der Waals surface area contributed by atoms with Gasteiger partial charge in [0.25, 0.3) is 11.1 Å². The van der Waals surface area contributed by atoms with E-state index in [2.05, 4.69) is 14.9 Å². The summed E-state index contributed by atoms with van der Waals surface area (Å²) in [6.45, 7) is 1.79. The van der Waals surface area contributed by atoms with Gasteiger partial charge in [0.2, 0.25) is 10.0 Å². The predicted molar refractivity (Wildman–Crippen MR) is 96.7 cm³/mol. The van der Waals surface area contributed by atoms with E-state index in [4.69, 9.17) is 8.83 Å². The topological polar surface area (TPSA) is 115 Å². The van der Waals surface area contributed by atoms with E-state index >= 15 is 0 Å². The number of carbonyl (C=O) groups excluding carboxylic acids is 1. The molecule has 0 spiro atoms. The number of rotatable bonds is 7. The molecule has 0 unspecified atom stereocenters. The molecule has 0 aliphatic heterocycles. The van der Waals surface area contributed by atoms with Crippen molar-refractivity contribution in [2.45, 2.75) is 12.1 Å². The summed E-state index contributed by atoms with van der Waals surface area (Å²) in [5.41, 5.74) is 1.57. The molecule has 0 aliphatic carbocycles. The van der Waals surface area contributed by atoms with Gasteiger partial charge in [-0.25, -0.2) is 8.42 Å². The van der Waals surface area contributed by atoms with Gasteiger partial charge in [-0.2, -0.15) is 0 Å². The molecule has 2 aromatic heterocycles. The number of nitrogens with one attached hydrogen (secondary N) is 1. The van der Waals surface area contributed by atoms with Crippen molar-refractivity contribution in [1.29, 1.82) is 0 Å². The van der Waals surface area contributed by atoms with Gasteiger partial charge in [0.15, 0.2) is 5.78 Å². The van der Waals surface area contributed by atoms with Crippen molar-refractivity contribution in [3.8, 4) is 11.5 Å². The Kier molecular flexibility index (Phi) is 5.14. The first-order valence-corrected chi connectivity index (χ1v) is 10.3. The molecule has 0 bridgehead atoms. The average Bonchev–Trinajstić information content (AvgIpc) is 3.20. The molecular weight excluding hydrogens is 378 g/mol. The second-order valence-electron chi connectivity index (χ2n) is 5.43. The molecule has 0 amide bonds. The van der Waals surface area contributed by atoms with E-state index in [9.17, 15) is 13.2 Å². The number of anilines is 1. The third-order valence-electron chi connectivity index (χ3n) is 3.33. The number of sulfonamides is 1. The molecule has 0 saturated carbocycles. The second-order valence-corrected chi connectivity index (χ2v) is 8.10. The maximum atomic E-state index is 12.2. The number of hydrogen-bond acceptors (Lipinski definition) is 8. The summed E-state index contributed by atoms with van der Waals surface area (Å²) >= 11 is 1.13. The van der Waals surface area contributed by atoms with E-state index in [0.717, 1.165) is 18.0 Å². The highest BCUT2D eigenvalue weighted by atomic mass is 32.2. The predicted octanol–water partition coefficient (Wildman–Crippen LogP) is 2.98. The van der Waals surface area contributed by atoms with Crippen LogP contribution in [0.3, 0.4) is 0 Å². The molecule has 0 atom stereocenters. The molecule has 3 aromatic rings. The van der Waals surface area contributed by atoms with Crippen molar-refractivity contribution in [3.05, 3.63) is 47.9 Å². The number of carbonyl (C=O) groups is 1. The lowest BCUT2D eigenvalue weighted by atomic mass is 10.1. The fourth-order valence-corrected chi connectivity index (χ4v) is 3.35. The van der Waals surface area contributed by atoms with E-state index in [1.165, 1.54) is 18.4 Å². The normalized spacial score (nSPS) is 11.5. The smallest absolute Gasteiger partial charge is 0.277 e. The van der Waals surface area contributed by atoms with E-state index < -0.39 is 10.0 Å². The molecular formula is C16H15N3O5S2. The molecule has 26 heavy (non-hydrogen) atoms.